The molecule has 74 valence electrons. The third kappa shape index (κ3) is 2.69. The van der Waals surface area contributed by atoms with Crippen LogP contribution in [0.25, 0.3) is 0 Å². The van der Waals surface area contributed by atoms with E-state index in [1.807, 2.05) is 11.3 Å². The van der Waals surface area contributed by atoms with E-state index in [1.165, 1.54) is 35.2 Å². The Labute approximate surface area is 97.5 Å². The lowest BCUT2D eigenvalue weighted by atomic mass is 10.0. The summed E-state index contributed by atoms with van der Waals surface area (Å²) in [6.07, 6.45) is 3.99. The largest absolute Gasteiger partial charge is 0.309 e. The summed E-state index contributed by atoms with van der Waals surface area (Å²) >= 11 is 5.42. The van der Waals surface area contributed by atoms with Gasteiger partial charge in [-0.05, 0) is 46.8 Å². The van der Waals surface area contributed by atoms with Crippen molar-refractivity contribution in [3.8, 4) is 0 Å². The zero-order valence-electron chi connectivity index (χ0n) is 7.25. The van der Waals surface area contributed by atoms with E-state index in [9.17, 15) is 0 Å². The van der Waals surface area contributed by atoms with Crippen LogP contribution in [0, 0.1) is 0 Å². The van der Waals surface area contributed by atoms with Crippen molar-refractivity contribution >= 4 is 39.7 Å². The van der Waals surface area contributed by atoms with Gasteiger partial charge in [0, 0.05) is 15.4 Å². The minimum absolute atomic E-state index is 0. The molecule has 2 rings (SSSR count). The van der Waals surface area contributed by atoms with Crippen molar-refractivity contribution in [1.82, 2.24) is 5.32 Å². The van der Waals surface area contributed by atoms with Crippen molar-refractivity contribution in [2.75, 3.05) is 6.54 Å². The fourth-order valence-electron chi connectivity index (χ4n) is 1.63. The molecule has 1 fully saturated rings. The van der Waals surface area contributed by atoms with E-state index in [-0.39, 0.29) is 12.4 Å². The van der Waals surface area contributed by atoms with Gasteiger partial charge in [-0.1, -0.05) is 6.42 Å². The van der Waals surface area contributed by atoms with Gasteiger partial charge in [0.05, 0.1) is 0 Å². The van der Waals surface area contributed by atoms with Crippen LogP contribution in [0.2, 0.25) is 0 Å². The predicted octanol–water partition coefficient (Wildman–Crippen LogP) is 3.75. The number of hydrogen-bond acceptors (Lipinski definition) is 2. The second-order valence-corrected chi connectivity index (χ2v) is 4.94. The molecule has 1 aromatic rings. The molecule has 0 unspecified atom stereocenters. The van der Waals surface area contributed by atoms with Crippen molar-refractivity contribution < 1.29 is 0 Å². The van der Waals surface area contributed by atoms with Crippen LogP contribution in [0.4, 0.5) is 0 Å². The highest BCUT2D eigenvalue weighted by molar-refractivity contribution is 9.10. The Hall–Kier alpha value is 0.430. The van der Waals surface area contributed by atoms with E-state index in [2.05, 4.69) is 32.7 Å². The Kier molecular flexibility index (Phi) is 4.73. The molecule has 0 amide bonds. The topological polar surface area (TPSA) is 12.0 Å². The third-order valence-electron chi connectivity index (χ3n) is 2.27. The lowest BCUT2D eigenvalue weighted by Crippen LogP contribution is -2.26. The van der Waals surface area contributed by atoms with E-state index in [0.717, 1.165) is 0 Å². The SMILES string of the molecule is Brc1ccsc1[C@H]1CCCCN1.Cl. The Balaban J connectivity index is 0.000000845. The van der Waals surface area contributed by atoms with Gasteiger partial charge in [-0.2, -0.15) is 0 Å². The normalized spacial score (nSPS) is 22.4. The molecule has 1 N–H and O–H groups in total. The molecule has 13 heavy (non-hydrogen) atoms. The monoisotopic (exact) mass is 281 g/mol. The van der Waals surface area contributed by atoms with Crippen LogP contribution in [-0.4, -0.2) is 6.54 Å². The predicted molar refractivity (Wildman–Crippen MR) is 63.9 cm³/mol. The summed E-state index contributed by atoms with van der Waals surface area (Å²) in [6.45, 7) is 1.18. The third-order valence-corrected chi connectivity index (χ3v) is 4.26. The summed E-state index contributed by atoms with van der Waals surface area (Å²) in [4.78, 5) is 1.47. The Morgan fingerprint density at radius 1 is 1.46 bits per heavy atom. The number of halogens is 2. The Morgan fingerprint density at radius 3 is 2.85 bits per heavy atom. The van der Waals surface area contributed by atoms with Crippen LogP contribution in [0.5, 0.6) is 0 Å². The molecule has 4 heteroatoms. The van der Waals surface area contributed by atoms with Crippen LogP contribution in [-0.2, 0) is 0 Å². The highest BCUT2D eigenvalue weighted by Crippen LogP contribution is 2.33. The highest BCUT2D eigenvalue weighted by atomic mass is 79.9. The smallest absolute Gasteiger partial charge is 0.0426 e. The fraction of sp³-hybridized carbons (Fsp3) is 0.556. The van der Waals surface area contributed by atoms with Gasteiger partial charge in [0.2, 0.25) is 0 Å². The zero-order chi connectivity index (χ0) is 8.39. The first-order valence-corrected chi connectivity index (χ1v) is 6.01. The zero-order valence-corrected chi connectivity index (χ0v) is 10.5. The van der Waals surface area contributed by atoms with Gasteiger partial charge in [0.1, 0.15) is 0 Å². The number of nitrogens with one attached hydrogen (secondary N) is 1. The molecular weight excluding hydrogens is 270 g/mol. The van der Waals surface area contributed by atoms with E-state index >= 15 is 0 Å². The van der Waals surface area contributed by atoms with Crippen LogP contribution < -0.4 is 5.32 Å². The minimum atomic E-state index is 0. The average molecular weight is 283 g/mol. The molecule has 1 saturated heterocycles. The van der Waals surface area contributed by atoms with Crippen molar-refractivity contribution in [3.63, 3.8) is 0 Å². The molecule has 0 bridgehead atoms. The Bertz CT molecular complexity index is 258. The molecule has 2 heterocycles. The lowest BCUT2D eigenvalue weighted by Gasteiger charge is -2.22. The standard InChI is InChI=1S/C9H12BrNS.ClH/c10-7-4-6-12-9(7)8-3-1-2-5-11-8;/h4,6,8,11H,1-3,5H2;1H/t8-;/m1./s1. The van der Waals surface area contributed by atoms with Gasteiger partial charge in [0.25, 0.3) is 0 Å². The molecule has 1 aromatic heterocycles. The number of piperidine rings is 1. The summed E-state index contributed by atoms with van der Waals surface area (Å²) in [7, 11) is 0. The molecule has 0 saturated carbocycles. The molecule has 1 aliphatic rings. The first-order chi connectivity index (χ1) is 5.88. The van der Waals surface area contributed by atoms with Crippen LogP contribution in [0.15, 0.2) is 15.9 Å². The maximum absolute atomic E-state index is 3.57. The average Bonchev–Trinajstić information content (AvgIpc) is 2.53. The number of hydrogen-bond donors (Lipinski definition) is 1. The number of rotatable bonds is 1. The van der Waals surface area contributed by atoms with Crippen LogP contribution >= 0.6 is 39.7 Å². The molecule has 0 radical (unpaired) electrons. The second kappa shape index (κ2) is 5.35. The van der Waals surface area contributed by atoms with Crippen molar-refractivity contribution in [2.45, 2.75) is 25.3 Å². The Morgan fingerprint density at radius 2 is 2.31 bits per heavy atom. The molecule has 1 atom stereocenters. The first-order valence-electron chi connectivity index (χ1n) is 4.34. The van der Waals surface area contributed by atoms with Gasteiger partial charge in [-0.25, -0.2) is 0 Å². The highest BCUT2D eigenvalue weighted by Gasteiger charge is 2.17. The summed E-state index contributed by atoms with van der Waals surface area (Å²) < 4.78 is 1.27. The maximum Gasteiger partial charge on any atom is 0.0426 e. The molecule has 1 nitrogen and oxygen atoms in total. The number of thiophene rings is 1. The van der Waals surface area contributed by atoms with E-state index in [0.29, 0.717) is 6.04 Å². The van der Waals surface area contributed by atoms with Crippen LogP contribution in [0.3, 0.4) is 0 Å². The van der Waals surface area contributed by atoms with Gasteiger partial charge >= 0.3 is 0 Å². The first kappa shape index (κ1) is 11.5. The van der Waals surface area contributed by atoms with Gasteiger partial charge in [-0.15, -0.1) is 23.7 Å². The van der Waals surface area contributed by atoms with Crippen molar-refractivity contribution in [3.05, 3.63) is 20.8 Å². The maximum atomic E-state index is 3.57. The van der Waals surface area contributed by atoms with E-state index in [4.69, 9.17) is 0 Å². The van der Waals surface area contributed by atoms with E-state index in [1.54, 1.807) is 0 Å². The van der Waals surface area contributed by atoms with Gasteiger partial charge < -0.3 is 5.32 Å². The van der Waals surface area contributed by atoms with E-state index < -0.39 is 0 Å². The molecule has 1 aliphatic heterocycles. The molecule has 0 aliphatic carbocycles. The summed E-state index contributed by atoms with van der Waals surface area (Å²) in [6, 6.07) is 2.74. The van der Waals surface area contributed by atoms with Gasteiger partial charge in [0.15, 0.2) is 0 Å². The van der Waals surface area contributed by atoms with Crippen molar-refractivity contribution in [1.29, 1.82) is 0 Å². The molecule has 0 aromatic carbocycles. The van der Waals surface area contributed by atoms with Crippen molar-refractivity contribution in [2.24, 2.45) is 0 Å². The second-order valence-electron chi connectivity index (χ2n) is 3.14. The van der Waals surface area contributed by atoms with Gasteiger partial charge in [-0.3, -0.25) is 0 Å². The van der Waals surface area contributed by atoms with Crippen LogP contribution in [0.1, 0.15) is 30.2 Å². The quantitative estimate of drug-likeness (QED) is 0.827. The molecule has 0 spiro atoms. The molecular formula is C9H13BrClNS. The minimum Gasteiger partial charge on any atom is -0.309 e. The summed E-state index contributed by atoms with van der Waals surface area (Å²) in [5, 5.41) is 5.69. The summed E-state index contributed by atoms with van der Waals surface area (Å²) in [5.41, 5.74) is 0. The fourth-order valence-corrected chi connectivity index (χ4v) is 3.39. The summed E-state index contributed by atoms with van der Waals surface area (Å²) in [5.74, 6) is 0. The lowest BCUT2D eigenvalue weighted by molar-refractivity contribution is 0.416.